The summed E-state index contributed by atoms with van der Waals surface area (Å²) in [5, 5.41) is 55.6. The number of benzene rings is 6. The average Bonchev–Trinajstić information content (AvgIpc) is 1.60. The number of cyclic esters (lactones) is 1. The lowest BCUT2D eigenvalue weighted by molar-refractivity contribution is -0.171. The van der Waals surface area contributed by atoms with Crippen molar-refractivity contribution >= 4 is 94.6 Å². The van der Waals surface area contributed by atoms with Gasteiger partial charge in [0.2, 0.25) is 25.7 Å². The number of rotatable bonds is 48. The quantitative estimate of drug-likeness (QED) is 0.00194. The van der Waals surface area contributed by atoms with Gasteiger partial charge in [0.05, 0.1) is 73.8 Å². The number of aliphatic hydroxyl groups excluding tert-OH is 3. The SMILES string of the molecule is CC.CCC.CCc1c2c(nc3ccc(O[Si](C)(C)C(C)(C)C)cc13)-c1cc3c(c(=O)n1C2)COC(=O)C3(CC)OC(=O)Cl.Nc1ccc(CO)cc1.[3H]CCNCCCCC(CC(=O)COCC(=O)CCCOCCN=[N+]=[N-])C(=O)Nc1ccc(CO)cc1.[3H]CCNCCCCC(CC(=O)OCC1c2ccccc2-c2ccccc21)C(=O)O.[3H]CCNCCCCC(N)C(=O)Nc1ccc(CO)cc1. The molecule has 0 radical (unpaired) electrons. The molecule has 0 bridgehead atoms. The molecule has 8 aromatic rings. The van der Waals surface area contributed by atoms with Crippen LogP contribution in [0, 0.1) is 11.8 Å². The van der Waals surface area contributed by atoms with Crippen LogP contribution in [0.1, 0.15) is 239 Å². The number of aromatic nitrogens is 2. The number of esters is 2. The zero-order valence-electron chi connectivity index (χ0n) is 85.3. The molecule has 1 aliphatic carbocycles. The molecular weight excluding hydrogens is 1800 g/mol. The summed E-state index contributed by atoms with van der Waals surface area (Å²) >= 11 is 5.56. The lowest BCUT2D eigenvalue weighted by Gasteiger charge is -2.36. The van der Waals surface area contributed by atoms with E-state index in [4.69, 9.17) is 76.0 Å². The van der Waals surface area contributed by atoms with Gasteiger partial charge in [0.15, 0.2) is 11.6 Å². The number of pyridine rings is 2. The Morgan fingerprint density at radius 3 is 1.72 bits per heavy atom. The van der Waals surface area contributed by atoms with E-state index in [-0.39, 0.29) is 124 Å². The summed E-state index contributed by atoms with van der Waals surface area (Å²) in [5.41, 5.74) is 29.9. The van der Waals surface area contributed by atoms with Crippen LogP contribution in [-0.2, 0) is 102 Å². The molecule has 754 valence electrons. The van der Waals surface area contributed by atoms with Crippen molar-refractivity contribution in [1.82, 2.24) is 25.5 Å². The molecule has 33 heteroatoms. The number of aliphatic carboxylic acids is 1. The predicted octanol–water partition coefficient (Wildman–Crippen LogP) is 18.2. The Morgan fingerprint density at radius 2 is 1.21 bits per heavy atom. The maximum absolute atomic E-state index is 13.7. The summed E-state index contributed by atoms with van der Waals surface area (Å²) in [6.45, 7) is 29.3. The number of nitrogens with one attached hydrogen (secondary N) is 5. The third kappa shape index (κ3) is 37.6. The number of aliphatic hydroxyl groups is 3. The number of carbonyl (C=O) groups excluding carboxylic acids is 7. The van der Waals surface area contributed by atoms with Gasteiger partial charge >= 0.3 is 23.3 Å². The van der Waals surface area contributed by atoms with Crippen molar-refractivity contribution in [3.05, 3.63) is 216 Å². The molecule has 0 saturated carbocycles. The second-order valence-electron chi connectivity index (χ2n) is 34.7. The van der Waals surface area contributed by atoms with Crippen LogP contribution in [0.2, 0.25) is 18.1 Å². The number of anilines is 3. The van der Waals surface area contributed by atoms with Crippen LogP contribution in [-0.4, -0.2) is 170 Å². The zero-order chi connectivity index (χ0) is 104. The van der Waals surface area contributed by atoms with Crippen molar-refractivity contribution in [2.75, 3.05) is 95.2 Å². The summed E-state index contributed by atoms with van der Waals surface area (Å²) in [6.07, 6.45) is 9.26. The first kappa shape index (κ1) is 112. The van der Waals surface area contributed by atoms with Gasteiger partial charge in [-0.15, -0.1) is 0 Å². The fourth-order valence-electron chi connectivity index (χ4n) is 15.1. The van der Waals surface area contributed by atoms with Crippen LogP contribution >= 0.6 is 11.6 Å². The fourth-order valence-corrected chi connectivity index (χ4v) is 16.2. The number of halogens is 1. The number of fused-ring (bicyclic) bond motifs is 8. The topological polar surface area (TPSA) is 469 Å². The maximum atomic E-state index is 13.7. The largest absolute Gasteiger partial charge is 0.543 e. The number of carboxylic acids is 1. The van der Waals surface area contributed by atoms with E-state index in [1.807, 2.05) is 50.2 Å². The van der Waals surface area contributed by atoms with Crippen LogP contribution in [0.25, 0.3) is 43.9 Å². The molecule has 0 spiro atoms. The summed E-state index contributed by atoms with van der Waals surface area (Å²) in [6, 6.07) is 44.4. The van der Waals surface area contributed by atoms with Crippen molar-refractivity contribution in [1.29, 1.82) is 0 Å². The summed E-state index contributed by atoms with van der Waals surface area (Å²) in [5.74, 6) is -3.48. The lowest BCUT2D eigenvalue weighted by Crippen LogP contribution is -2.46. The highest BCUT2D eigenvalue weighted by atomic mass is 35.5. The van der Waals surface area contributed by atoms with Crippen LogP contribution < -0.4 is 48.0 Å². The molecule has 4 heterocycles. The number of aryl methyl sites for hydroxylation is 1. The summed E-state index contributed by atoms with van der Waals surface area (Å²) < 4.78 is 56.1. The van der Waals surface area contributed by atoms with Crippen LogP contribution in [0.15, 0.2) is 156 Å². The Hall–Kier alpha value is -11.1. The standard InChI is InChI=1S/C29H33ClN2O6Si.C25H39N5O6.C24H29NO4.C15H25N3O2.C7H9NO.C3H8.C2H6/c1-8-17-18-12-16(38-39(6,7)28(3,4)5)10-11-22(18)31-24-19(17)14-32-23(24)13-21-20(25(32)33)15-36-26(34)29(21,9-2)37-27(30)35;1-2-27-12-4-3-6-21(25(34)29-22-10-8-20(17-31)9-11-22)16-24(33)19-36-18-23(32)7-5-14-35-15-13-28-30-26;1-2-25-14-8-7-9-17(24(27)28)15-23(26)29-16-22-20-12-5-3-10-18(20)19-11-4-6-13-21(19)22;1-2-17-10-4-3-5-14(16)15(20)18-13-8-6-12(11-19)7-9-13;8-7-3-1-6(5-9)2-4-7;1-3-2;1-2/h10-13H,8-9,14-15H2,1-7H3;8-11,21,27,31H,2-7,12-19H2,1H3,(H,29,34);3-6,10-13,17,22,25H,2,7-9,14-16H2,1H3,(H,27,28);6-9,14,17,19H,2-5,10-11,16H2,1H3,(H,18,20);1-4,9H,5,8H2;3H2,1-2H3;1-2H3/i;3*1T;;;. The van der Waals surface area contributed by atoms with E-state index in [1.165, 1.54) is 6.42 Å². The monoisotopic (exact) mass is 1950 g/mol. The highest BCUT2D eigenvalue weighted by Gasteiger charge is 2.51. The average molecular weight is 1950 g/mol. The van der Waals surface area contributed by atoms with E-state index in [0.717, 1.165) is 137 Å². The molecule has 3 aliphatic rings. The maximum Gasteiger partial charge on any atom is 0.405 e. The summed E-state index contributed by atoms with van der Waals surface area (Å²) in [7, 11) is -2.04. The Bertz CT molecular complexity index is 5280. The number of ketones is 2. The first-order chi connectivity index (χ1) is 67.8. The van der Waals surface area contributed by atoms with Gasteiger partial charge in [-0.3, -0.25) is 33.6 Å². The number of amides is 2. The Balaban J connectivity index is 0.000000322. The lowest BCUT2D eigenvalue weighted by atomic mass is 9.85. The molecule has 31 nitrogen and oxygen atoms in total. The van der Waals surface area contributed by atoms with Gasteiger partial charge in [0.1, 0.15) is 32.2 Å². The summed E-state index contributed by atoms with van der Waals surface area (Å²) in [4.78, 5) is 119. The van der Waals surface area contributed by atoms with Gasteiger partial charge in [-0.25, -0.2) is 14.6 Å². The molecule has 2 aromatic heterocycles. The number of Topliss-reactive ketones (excluding diaryl/α,β-unsaturated/α-hetero) is 2. The molecule has 138 heavy (non-hydrogen) atoms. The predicted molar refractivity (Wildman–Crippen MR) is 547 cm³/mol. The molecule has 13 N–H and O–H groups in total. The van der Waals surface area contributed by atoms with Crippen LogP contribution in [0.3, 0.4) is 0 Å². The van der Waals surface area contributed by atoms with E-state index < -0.39 is 55.1 Å². The smallest absolute Gasteiger partial charge is 0.405 e. The Labute approximate surface area is 823 Å². The van der Waals surface area contributed by atoms with E-state index in [9.17, 15) is 53.4 Å². The van der Waals surface area contributed by atoms with E-state index in [1.54, 1.807) is 90.4 Å². The Kier molecular flexibility index (Phi) is 51.0. The minimum atomic E-state index is -2.04. The van der Waals surface area contributed by atoms with Crippen molar-refractivity contribution in [2.24, 2.45) is 22.7 Å². The number of nitrogens with zero attached hydrogens (tertiary/aromatic N) is 5. The third-order valence-electron chi connectivity index (χ3n) is 23.5. The number of carbonyl (C=O) groups is 8. The molecule has 2 aliphatic heterocycles. The van der Waals surface area contributed by atoms with Gasteiger partial charge in [-0.05, 0) is 226 Å². The van der Waals surface area contributed by atoms with Gasteiger partial charge in [0, 0.05) is 92.0 Å². The highest BCUT2D eigenvalue weighted by Crippen LogP contribution is 2.46. The van der Waals surface area contributed by atoms with Crippen LogP contribution in [0.5, 0.6) is 5.75 Å². The normalized spacial score (nSPS) is 13.9. The van der Waals surface area contributed by atoms with E-state index in [2.05, 4.69) is 122 Å². The molecule has 0 fully saturated rings. The minimum absolute atomic E-state index is 0.00785. The molecular formula is C105H149ClN12O19Si. The van der Waals surface area contributed by atoms with Gasteiger partial charge in [-0.1, -0.05) is 199 Å². The number of nitrogens with two attached hydrogens (primary N) is 2. The van der Waals surface area contributed by atoms with Crippen molar-refractivity contribution in [2.45, 2.75) is 254 Å². The number of ether oxygens (including phenoxy) is 5. The molecule has 0 saturated heterocycles. The molecule has 4 atom stereocenters. The number of hydrogen-bond donors (Lipinski definition) is 11. The number of nitrogen functional groups attached to an aromatic ring is 1. The van der Waals surface area contributed by atoms with E-state index >= 15 is 0 Å². The second kappa shape index (κ2) is 62.8. The molecule has 6 aromatic carbocycles. The number of unbranched alkanes of at least 4 members (excludes halogenated alkanes) is 3. The molecule has 11 rings (SSSR count). The molecule has 2 amide bonds. The first-order valence-corrected chi connectivity index (χ1v) is 51.0. The van der Waals surface area contributed by atoms with Crippen molar-refractivity contribution < 1.29 is 91.0 Å². The number of azide groups is 1. The number of carboxylic acid groups (broad SMARTS) is 1. The van der Waals surface area contributed by atoms with Gasteiger partial charge in [0.25, 0.3) is 5.56 Å². The third-order valence-corrected chi connectivity index (χ3v) is 27.9. The molecule has 4 unspecified atom stereocenters. The first-order valence-electron chi connectivity index (χ1n) is 49.8. The minimum Gasteiger partial charge on any atom is -0.543 e. The zero-order valence-corrected chi connectivity index (χ0v) is 84.1. The van der Waals surface area contributed by atoms with E-state index in [0.29, 0.717) is 114 Å². The highest BCUT2D eigenvalue weighted by molar-refractivity contribution is 6.74. The van der Waals surface area contributed by atoms with Gasteiger partial charge < -0.3 is 91.2 Å². The van der Waals surface area contributed by atoms with Gasteiger partial charge in [-0.2, -0.15) is 0 Å². The fraction of sp³-hybridized carbons (Fsp3) is 0.505. The Morgan fingerprint density at radius 1 is 0.681 bits per heavy atom. The number of hydrogen-bond acceptors (Lipinski definition) is 25. The van der Waals surface area contributed by atoms with Crippen molar-refractivity contribution in [3.8, 4) is 28.3 Å². The van der Waals surface area contributed by atoms with Crippen molar-refractivity contribution in [3.63, 3.8) is 0 Å². The van der Waals surface area contributed by atoms with Crippen LogP contribution in [0.4, 0.5) is 21.9 Å². The second-order valence-corrected chi connectivity index (χ2v) is 39.7.